The zero-order chi connectivity index (χ0) is 22.7. The van der Waals surface area contributed by atoms with Gasteiger partial charge in [0.05, 0.1) is 11.4 Å². The SMILES string of the molecule is CCCCN(C)C(=O)CN1C(=O)C(C)Oc2ccc(-c3csc(-c4ccccc4)n3)cc21. The van der Waals surface area contributed by atoms with E-state index in [-0.39, 0.29) is 18.4 Å². The highest BCUT2D eigenvalue weighted by atomic mass is 32.1. The molecule has 3 aromatic rings. The molecule has 1 unspecified atom stereocenters. The fourth-order valence-corrected chi connectivity index (χ4v) is 4.46. The maximum atomic E-state index is 12.9. The average molecular weight is 450 g/mol. The number of thiazole rings is 1. The Morgan fingerprint density at radius 1 is 1.19 bits per heavy atom. The monoisotopic (exact) mass is 449 g/mol. The number of hydrogen-bond acceptors (Lipinski definition) is 5. The first-order valence-corrected chi connectivity index (χ1v) is 11.7. The van der Waals surface area contributed by atoms with Crippen molar-refractivity contribution in [1.82, 2.24) is 9.88 Å². The molecule has 1 aromatic heterocycles. The number of benzene rings is 2. The molecule has 166 valence electrons. The van der Waals surface area contributed by atoms with Crippen molar-refractivity contribution < 1.29 is 14.3 Å². The van der Waals surface area contributed by atoms with Crippen LogP contribution in [0.5, 0.6) is 5.75 Å². The first-order valence-electron chi connectivity index (χ1n) is 10.8. The summed E-state index contributed by atoms with van der Waals surface area (Å²) >= 11 is 1.58. The summed E-state index contributed by atoms with van der Waals surface area (Å²) in [5.74, 6) is 0.302. The van der Waals surface area contributed by atoms with E-state index in [1.165, 1.54) is 0 Å². The van der Waals surface area contributed by atoms with Crippen LogP contribution in [-0.4, -0.2) is 47.9 Å². The number of unbranched alkanes of at least 4 members (excludes halogenated alkanes) is 1. The van der Waals surface area contributed by atoms with Crippen LogP contribution in [0, 0.1) is 0 Å². The van der Waals surface area contributed by atoms with Gasteiger partial charge in [0.15, 0.2) is 6.10 Å². The van der Waals surface area contributed by atoms with Crippen molar-refractivity contribution in [2.45, 2.75) is 32.8 Å². The smallest absolute Gasteiger partial charge is 0.268 e. The zero-order valence-electron chi connectivity index (χ0n) is 18.6. The van der Waals surface area contributed by atoms with Gasteiger partial charge in [-0.3, -0.25) is 14.5 Å². The summed E-state index contributed by atoms with van der Waals surface area (Å²) in [6.07, 6.45) is 1.31. The van der Waals surface area contributed by atoms with Crippen molar-refractivity contribution in [2.24, 2.45) is 0 Å². The van der Waals surface area contributed by atoms with Crippen LogP contribution in [-0.2, 0) is 9.59 Å². The second-order valence-corrected chi connectivity index (χ2v) is 8.80. The molecule has 4 rings (SSSR count). The van der Waals surface area contributed by atoms with Crippen molar-refractivity contribution >= 4 is 28.8 Å². The zero-order valence-corrected chi connectivity index (χ0v) is 19.4. The maximum Gasteiger partial charge on any atom is 0.268 e. The quantitative estimate of drug-likeness (QED) is 0.517. The van der Waals surface area contributed by atoms with Gasteiger partial charge in [0.25, 0.3) is 5.91 Å². The Morgan fingerprint density at radius 2 is 1.97 bits per heavy atom. The van der Waals surface area contributed by atoms with E-state index >= 15 is 0 Å². The molecule has 0 N–H and O–H groups in total. The molecule has 0 fully saturated rings. The van der Waals surface area contributed by atoms with E-state index in [0.29, 0.717) is 18.0 Å². The Morgan fingerprint density at radius 3 is 2.72 bits per heavy atom. The van der Waals surface area contributed by atoms with Gasteiger partial charge in [-0.05, 0) is 31.5 Å². The lowest BCUT2D eigenvalue weighted by Crippen LogP contribution is -2.49. The number of fused-ring (bicyclic) bond motifs is 1. The number of carbonyl (C=O) groups excluding carboxylic acids is 2. The first kappa shape index (κ1) is 22.0. The standard InChI is InChI=1S/C25H27N3O3S/c1-4-5-13-27(3)23(29)15-28-21-14-19(11-12-22(21)31-17(2)25(28)30)20-16-32-24(26-20)18-9-7-6-8-10-18/h6-12,14,16-17H,4-5,13,15H2,1-3H3. The number of carbonyl (C=O) groups is 2. The Kier molecular flexibility index (Phi) is 6.55. The summed E-state index contributed by atoms with van der Waals surface area (Å²) in [4.78, 5) is 33.7. The van der Waals surface area contributed by atoms with Crippen molar-refractivity contribution in [1.29, 1.82) is 0 Å². The van der Waals surface area contributed by atoms with Crippen LogP contribution < -0.4 is 9.64 Å². The van der Waals surface area contributed by atoms with Crippen molar-refractivity contribution in [3.8, 4) is 27.6 Å². The molecule has 0 aliphatic carbocycles. The highest BCUT2D eigenvalue weighted by Crippen LogP contribution is 2.38. The Hall–Kier alpha value is -3.19. The molecule has 2 amide bonds. The normalized spacial score (nSPS) is 15.3. The molecule has 0 saturated heterocycles. The minimum Gasteiger partial charge on any atom is -0.479 e. The van der Waals surface area contributed by atoms with E-state index in [9.17, 15) is 9.59 Å². The Balaban J connectivity index is 1.63. The number of ether oxygens (including phenoxy) is 1. The van der Waals surface area contributed by atoms with Gasteiger partial charge < -0.3 is 9.64 Å². The molecular weight excluding hydrogens is 422 g/mol. The van der Waals surface area contributed by atoms with Crippen molar-refractivity contribution in [2.75, 3.05) is 25.0 Å². The predicted molar refractivity (Wildman–Crippen MR) is 128 cm³/mol. The largest absolute Gasteiger partial charge is 0.479 e. The van der Waals surface area contributed by atoms with E-state index < -0.39 is 6.10 Å². The minimum atomic E-state index is -0.633. The Labute approximate surface area is 192 Å². The number of nitrogens with zero attached hydrogens (tertiary/aromatic N) is 3. The molecule has 32 heavy (non-hydrogen) atoms. The van der Waals surface area contributed by atoms with Gasteiger partial charge in [-0.1, -0.05) is 43.7 Å². The van der Waals surface area contributed by atoms with E-state index in [1.54, 1.807) is 35.1 Å². The van der Waals surface area contributed by atoms with Crippen LogP contribution in [0.4, 0.5) is 5.69 Å². The van der Waals surface area contributed by atoms with Gasteiger partial charge in [-0.25, -0.2) is 4.98 Å². The summed E-state index contributed by atoms with van der Waals surface area (Å²) < 4.78 is 5.81. The number of amides is 2. The van der Waals surface area contributed by atoms with E-state index in [2.05, 4.69) is 6.92 Å². The summed E-state index contributed by atoms with van der Waals surface area (Å²) in [6, 6.07) is 15.7. The van der Waals surface area contributed by atoms with Crippen LogP contribution in [0.2, 0.25) is 0 Å². The van der Waals surface area contributed by atoms with Gasteiger partial charge in [0.1, 0.15) is 17.3 Å². The third-order valence-corrected chi connectivity index (χ3v) is 6.45. The number of anilines is 1. The maximum absolute atomic E-state index is 12.9. The highest BCUT2D eigenvalue weighted by Gasteiger charge is 2.33. The van der Waals surface area contributed by atoms with E-state index in [0.717, 1.165) is 34.7 Å². The molecular formula is C25H27N3O3S. The Bertz CT molecular complexity index is 1110. The highest BCUT2D eigenvalue weighted by molar-refractivity contribution is 7.13. The molecule has 1 atom stereocenters. The van der Waals surface area contributed by atoms with Crippen LogP contribution in [0.15, 0.2) is 53.9 Å². The average Bonchev–Trinajstić information content (AvgIpc) is 3.31. The summed E-state index contributed by atoms with van der Waals surface area (Å²) in [7, 11) is 1.78. The lowest BCUT2D eigenvalue weighted by molar-refractivity contribution is -0.132. The van der Waals surface area contributed by atoms with Crippen molar-refractivity contribution in [3.63, 3.8) is 0 Å². The molecule has 0 radical (unpaired) electrons. The second-order valence-electron chi connectivity index (χ2n) is 7.94. The minimum absolute atomic E-state index is 0.00443. The topological polar surface area (TPSA) is 62.7 Å². The van der Waals surface area contributed by atoms with E-state index in [4.69, 9.17) is 9.72 Å². The lowest BCUT2D eigenvalue weighted by Gasteiger charge is -2.33. The second kappa shape index (κ2) is 9.53. The first-order chi connectivity index (χ1) is 15.5. The molecule has 1 aliphatic heterocycles. The van der Waals surface area contributed by atoms with Crippen LogP contribution in [0.3, 0.4) is 0 Å². The van der Waals surface area contributed by atoms with Crippen LogP contribution >= 0.6 is 11.3 Å². The van der Waals surface area contributed by atoms with Crippen molar-refractivity contribution in [3.05, 3.63) is 53.9 Å². The fourth-order valence-electron chi connectivity index (χ4n) is 3.63. The van der Waals surface area contributed by atoms with Gasteiger partial charge in [-0.2, -0.15) is 0 Å². The third-order valence-electron chi connectivity index (χ3n) is 5.55. The van der Waals surface area contributed by atoms with Crippen LogP contribution in [0.25, 0.3) is 21.8 Å². The third kappa shape index (κ3) is 4.53. The molecule has 2 heterocycles. The predicted octanol–water partition coefficient (Wildman–Crippen LogP) is 4.85. The number of rotatable bonds is 7. The number of hydrogen-bond donors (Lipinski definition) is 0. The molecule has 6 nitrogen and oxygen atoms in total. The van der Waals surface area contributed by atoms with E-state index in [1.807, 2.05) is 53.9 Å². The molecule has 7 heteroatoms. The van der Waals surface area contributed by atoms with Gasteiger partial charge >= 0.3 is 0 Å². The summed E-state index contributed by atoms with van der Waals surface area (Å²) in [5.41, 5.74) is 3.38. The molecule has 0 saturated carbocycles. The van der Waals surface area contributed by atoms with Gasteiger partial charge in [-0.15, -0.1) is 11.3 Å². The molecule has 0 spiro atoms. The molecule has 2 aromatic carbocycles. The fraction of sp³-hybridized carbons (Fsp3) is 0.320. The lowest BCUT2D eigenvalue weighted by atomic mass is 10.1. The molecule has 1 aliphatic rings. The van der Waals surface area contributed by atoms with Gasteiger partial charge in [0.2, 0.25) is 5.91 Å². The summed E-state index contributed by atoms with van der Waals surface area (Å²) in [5, 5.41) is 2.94. The van der Waals surface area contributed by atoms with Gasteiger partial charge in [0, 0.05) is 30.1 Å². The number of likely N-dealkylation sites (N-methyl/N-ethyl adjacent to an activating group) is 1. The summed E-state index contributed by atoms with van der Waals surface area (Å²) in [6.45, 7) is 4.47. The molecule has 0 bridgehead atoms. The van der Waals surface area contributed by atoms with Crippen LogP contribution in [0.1, 0.15) is 26.7 Å². The number of aromatic nitrogens is 1.